The lowest BCUT2D eigenvalue weighted by atomic mass is 10.1. The van der Waals surface area contributed by atoms with Crippen molar-refractivity contribution in [1.82, 2.24) is 5.32 Å². The Hall–Kier alpha value is -1.59. The minimum absolute atomic E-state index is 0.471. The van der Waals surface area contributed by atoms with Crippen molar-refractivity contribution < 1.29 is 9.47 Å². The molecule has 0 atom stereocenters. The highest BCUT2D eigenvalue weighted by atomic mass is 16.5. The fourth-order valence-corrected chi connectivity index (χ4v) is 1.83. The molecule has 5 heteroatoms. The van der Waals surface area contributed by atoms with Crippen LogP contribution in [0.2, 0.25) is 0 Å². The summed E-state index contributed by atoms with van der Waals surface area (Å²) < 4.78 is 10.8. The number of hydrogen-bond donors (Lipinski definition) is 2. The molecule has 0 radical (unpaired) electrons. The number of aliphatic imine (C=N–C) groups is 1. The van der Waals surface area contributed by atoms with E-state index in [0.717, 1.165) is 32.4 Å². The monoisotopic (exact) mass is 307 g/mol. The van der Waals surface area contributed by atoms with Gasteiger partial charge in [0, 0.05) is 13.2 Å². The second-order valence-electron chi connectivity index (χ2n) is 5.01. The molecule has 0 amide bonds. The van der Waals surface area contributed by atoms with Gasteiger partial charge in [0.2, 0.25) is 0 Å². The van der Waals surface area contributed by atoms with Crippen LogP contribution in [-0.2, 0) is 15.9 Å². The van der Waals surface area contributed by atoms with Gasteiger partial charge in [0.05, 0.1) is 26.4 Å². The van der Waals surface area contributed by atoms with Gasteiger partial charge in [-0.15, -0.1) is 0 Å². The zero-order valence-corrected chi connectivity index (χ0v) is 13.6. The average Bonchev–Trinajstić information content (AvgIpc) is 2.54. The number of nitrogens with zero attached hydrogens (tertiary/aromatic N) is 1. The van der Waals surface area contributed by atoms with Crippen LogP contribution in [0, 0.1) is 0 Å². The van der Waals surface area contributed by atoms with Crippen molar-refractivity contribution >= 4 is 5.96 Å². The molecule has 1 rings (SSSR count). The van der Waals surface area contributed by atoms with Crippen LogP contribution in [0.25, 0.3) is 0 Å². The predicted octanol–water partition coefficient (Wildman–Crippen LogP) is 1.97. The molecule has 0 saturated carbocycles. The number of hydrogen-bond acceptors (Lipinski definition) is 3. The van der Waals surface area contributed by atoms with Crippen LogP contribution in [0.15, 0.2) is 35.3 Å². The van der Waals surface area contributed by atoms with Crippen molar-refractivity contribution in [3.05, 3.63) is 35.9 Å². The van der Waals surface area contributed by atoms with Gasteiger partial charge >= 0.3 is 0 Å². The summed E-state index contributed by atoms with van der Waals surface area (Å²) in [6, 6.07) is 10.3. The molecule has 0 saturated heterocycles. The van der Waals surface area contributed by atoms with Gasteiger partial charge in [-0.05, 0) is 18.4 Å². The lowest BCUT2D eigenvalue weighted by Crippen LogP contribution is -2.33. The Labute approximate surface area is 133 Å². The summed E-state index contributed by atoms with van der Waals surface area (Å²) in [5.41, 5.74) is 7.08. The predicted molar refractivity (Wildman–Crippen MR) is 91.2 cm³/mol. The first kappa shape index (κ1) is 18.5. The van der Waals surface area contributed by atoms with Crippen molar-refractivity contribution in [1.29, 1.82) is 0 Å². The summed E-state index contributed by atoms with van der Waals surface area (Å²) in [4.78, 5) is 4.22. The standard InChI is InChI=1S/C17H29N3O2/c1-2-3-12-21-14-15-22-13-11-20-17(18)19-10-9-16-7-5-4-6-8-16/h4-8H,2-3,9-15H2,1H3,(H3,18,19,20). The van der Waals surface area contributed by atoms with Crippen LogP contribution in [0.5, 0.6) is 0 Å². The van der Waals surface area contributed by atoms with Gasteiger partial charge in [-0.1, -0.05) is 43.7 Å². The van der Waals surface area contributed by atoms with Crippen molar-refractivity contribution in [2.75, 3.05) is 39.5 Å². The van der Waals surface area contributed by atoms with Crippen LogP contribution in [0.1, 0.15) is 25.3 Å². The van der Waals surface area contributed by atoms with E-state index in [1.54, 1.807) is 0 Å². The Bertz CT molecular complexity index is 396. The van der Waals surface area contributed by atoms with Gasteiger partial charge in [0.25, 0.3) is 0 Å². The maximum atomic E-state index is 5.79. The number of guanidine groups is 1. The molecule has 0 bridgehead atoms. The molecule has 3 N–H and O–H groups in total. The molecule has 0 aliphatic carbocycles. The third-order valence-electron chi connectivity index (χ3n) is 3.09. The van der Waals surface area contributed by atoms with Gasteiger partial charge in [0.1, 0.15) is 0 Å². The van der Waals surface area contributed by atoms with Crippen molar-refractivity contribution in [2.24, 2.45) is 10.7 Å². The van der Waals surface area contributed by atoms with E-state index in [-0.39, 0.29) is 0 Å². The molecule has 5 nitrogen and oxygen atoms in total. The molecule has 1 aromatic rings. The van der Waals surface area contributed by atoms with Crippen molar-refractivity contribution in [2.45, 2.75) is 26.2 Å². The van der Waals surface area contributed by atoms with E-state index in [1.165, 1.54) is 5.56 Å². The van der Waals surface area contributed by atoms with E-state index < -0.39 is 0 Å². The first-order valence-corrected chi connectivity index (χ1v) is 8.06. The quantitative estimate of drug-likeness (QED) is 0.352. The van der Waals surface area contributed by atoms with Crippen molar-refractivity contribution in [3.8, 4) is 0 Å². The van der Waals surface area contributed by atoms with E-state index in [1.807, 2.05) is 18.2 Å². The van der Waals surface area contributed by atoms with Crippen LogP contribution in [-0.4, -0.2) is 45.5 Å². The highest BCUT2D eigenvalue weighted by molar-refractivity contribution is 5.77. The SMILES string of the molecule is CCCCOCCOCCN=C(N)NCCc1ccccc1. The molecule has 0 heterocycles. The summed E-state index contributed by atoms with van der Waals surface area (Å²) in [5.74, 6) is 0.471. The second-order valence-corrected chi connectivity index (χ2v) is 5.01. The summed E-state index contributed by atoms with van der Waals surface area (Å²) in [6.45, 7) is 6.14. The van der Waals surface area contributed by atoms with E-state index in [9.17, 15) is 0 Å². The Morgan fingerprint density at radius 1 is 1.09 bits per heavy atom. The first-order valence-electron chi connectivity index (χ1n) is 8.06. The molecule has 0 spiro atoms. The van der Waals surface area contributed by atoms with Gasteiger partial charge in [0.15, 0.2) is 5.96 Å². The topological polar surface area (TPSA) is 68.9 Å². The van der Waals surface area contributed by atoms with E-state index in [2.05, 4.69) is 29.4 Å². The summed E-state index contributed by atoms with van der Waals surface area (Å²) in [5, 5.41) is 3.10. The third kappa shape index (κ3) is 10.2. The number of unbranched alkanes of at least 4 members (excludes halogenated alkanes) is 1. The molecule has 22 heavy (non-hydrogen) atoms. The Morgan fingerprint density at radius 2 is 1.82 bits per heavy atom. The van der Waals surface area contributed by atoms with Gasteiger partial charge < -0.3 is 20.5 Å². The van der Waals surface area contributed by atoms with Gasteiger partial charge in [-0.25, -0.2) is 0 Å². The van der Waals surface area contributed by atoms with Gasteiger partial charge in [-0.2, -0.15) is 0 Å². The smallest absolute Gasteiger partial charge is 0.188 e. The highest BCUT2D eigenvalue weighted by Crippen LogP contribution is 1.97. The molecule has 0 aromatic heterocycles. The Balaban J connectivity index is 1.94. The molecule has 0 unspecified atom stereocenters. The highest BCUT2D eigenvalue weighted by Gasteiger charge is 1.94. The number of rotatable bonds is 12. The van der Waals surface area contributed by atoms with E-state index in [4.69, 9.17) is 15.2 Å². The number of benzene rings is 1. The van der Waals surface area contributed by atoms with Crippen LogP contribution < -0.4 is 11.1 Å². The zero-order valence-electron chi connectivity index (χ0n) is 13.6. The number of ether oxygens (including phenoxy) is 2. The largest absolute Gasteiger partial charge is 0.379 e. The summed E-state index contributed by atoms with van der Waals surface area (Å²) in [6.07, 6.45) is 3.20. The van der Waals surface area contributed by atoms with Gasteiger partial charge in [-0.3, -0.25) is 4.99 Å². The number of nitrogens with two attached hydrogens (primary N) is 1. The minimum atomic E-state index is 0.471. The van der Waals surface area contributed by atoms with Crippen LogP contribution in [0.3, 0.4) is 0 Å². The molecule has 124 valence electrons. The first-order chi connectivity index (χ1) is 10.8. The van der Waals surface area contributed by atoms with E-state index >= 15 is 0 Å². The molecular weight excluding hydrogens is 278 g/mol. The van der Waals surface area contributed by atoms with Crippen molar-refractivity contribution in [3.63, 3.8) is 0 Å². The lowest BCUT2D eigenvalue weighted by molar-refractivity contribution is 0.0497. The molecule has 0 fully saturated rings. The molecule has 1 aromatic carbocycles. The maximum absolute atomic E-state index is 5.79. The zero-order chi connectivity index (χ0) is 15.9. The Morgan fingerprint density at radius 3 is 2.55 bits per heavy atom. The molecule has 0 aliphatic rings. The van der Waals surface area contributed by atoms with Crippen LogP contribution >= 0.6 is 0 Å². The fourth-order valence-electron chi connectivity index (χ4n) is 1.83. The summed E-state index contributed by atoms with van der Waals surface area (Å²) in [7, 11) is 0. The normalized spacial score (nSPS) is 11.6. The molecular formula is C17H29N3O2. The fraction of sp³-hybridized carbons (Fsp3) is 0.588. The van der Waals surface area contributed by atoms with E-state index in [0.29, 0.717) is 32.3 Å². The average molecular weight is 307 g/mol. The maximum Gasteiger partial charge on any atom is 0.188 e. The summed E-state index contributed by atoms with van der Waals surface area (Å²) >= 11 is 0. The molecule has 0 aliphatic heterocycles. The lowest BCUT2D eigenvalue weighted by Gasteiger charge is -2.06. The van der Waals surface area contributed by atoms with Crippen LogP contribution in [0.4, 0.5) is 0 Å². The Kier molecular flexibility index (Phi) is 11.0. The number of nitrogens with one attached hydrogen (secondary N) is 1. The second kappa shape index (κ2) is 13.1. The third-order valence-corrected chi connectivity index (χ3v) is 3.09. The minimum Gasteiger partial charge on any atom is -0.379 e.